The normalized spacial score (nSPS) is 10.9. The van der Waals surface area contributed by atoms with Gasteiger partial charge in [-0.25, -0.2) is 9.59 Å². The number of benzene rings is 2. The summed E-state index contributed by atoms with van der Waals surface area (Å²) in [6.07, 6.45) is -0.281. The van der Waals surface area contributed by atoms with Gasteiger partial charge in [-0.15, -0.1) is 11.3 Å². The van der Waals surface area contributed by atoms with Crippen molar-refractivity contribution in [1.82, 2.24) is 5.32 Å². The number of methoxy groups -OCH3 is 1. The second-order valence-corrected chi connectivity index (χ2v) is 10.6. The number of rotatable bonds is 9. The first-order valence-electron chi connectivity index (χ1n) is 11.5. The topological polar surface area (TPSA) is 103 Å². The Balaban J connectivity index is 1.68. The number of carbonyl (C=O) groups excluding carboxylic acids is 3. The summed E-state index contributed by atoms with van der Waals surface area (Å²) in [7, 11) is 1.25. The molecule has 0 saturated heterocycles. The second-order valence-electron chi connectivity index (χ2n) is 9.02. The van der Waals surface area contributed by atoms with E-state index in [1.165, 1.54) is 7.11 Å². The molecule has 0 saturated carbocycles. The van der Waals surface area contributed by atoms with Crippen LogP contribution in [0, 0.1) is 0 Å². The van der Waals surface area contributed by atoms with Gasteiger partial charge in [0.1, 0.15) is 22.1 Å². The van der Waals surface area contributed by atoms with E-state index in [0.717, 1.165) is 16.9 Å². The van der Waals surface area contributed by atoms with Gasteiger partial charge in [0.25, 0.3) is 0 Å². The van der Waals surface area contributed by atoms with Gasteiger partial charge >= 0.3 is 12.1 Å². The van der Waals surface area contributed by atoms with Crippen molar-refractivity contribution in [2.45, 2.75) is 39.2 Å². The van der Waals surface area contributed by atoms with Gasteiger partial charge in [-0.2, -0.15) is 0 Å². The van der Waals surface area contributed by atoms with Gasteiger partial charge in [-0.05, 0) is 57.0 Å². The van der Waals surface area contributed by atoms with Crippen LogP contribution in [0.5, 0.6) is 11.5 Å². The summed E-state index contributed by atoms with van der Waals surface area (Å²) in [5, 5.41) is 5.70. The number of para-hydroxylation sites is 1. The van der Waals surface area contributed by atoms with Crippen LogP contribution in [-0.4, -0.2) is 37.2 Å². The highest BCUT2D eigenvalue weighted by atomic mass is 35.5. The maximum atomic E-state index is 12.9. The van der Waals surface area contributed by atoms with Crippen molar-refractivity contribution in [3.05, 3.63) is 75.6 Å². The number of ether oxygens (including phenoxy) is 3. The quantitative estimate of drug-likeness (QED) is 0.310. The molecule has 2 N–H and O–H groups in total. The van der Waals surface area contributed by atoms with E-state index in [2.05, 4.69) is 10.6 Å². The van der Waals surface area contributed by atoms with Gasteiger partial charge in [-0.1, -0.05) is 41.9 Å². The number of nitrogens with one attached hydrogen (secondary N) is 2. The predicted octanol–water partition coefficient (Wildman–Crippen LogP) is 6.23. The molecule has 2 amide bonds. The van der Waals surface area contributed by atoms with Gasteiger partial charge < -0.3 is 24.8 Å². The van der Waals surface area contributed by atoms with E-state index in [1.807, 2.05) is 36.4 Å². The standard InChI is InChI=1S/C27H29ClN2O6S/c1-27(2,3)36-26(33)29-14-13-20-22(25(32)34-4)24(37-23(20)28)30-21(31)16-17-9-8-12-19(15-17)35-18-10-6-5-7-11-18/h5-12,15H,13-14,16H2,1-4H3,(H,29,33)(H,30,31). The summed E-state index contributed by atoms with van der Waals surface area (Å²) in [4.78, 5) is 37.4. The molecule has 3 rings (SSSR count). The van der Waals surface area contributed by atoms with E-state index < -0.39 is 17.7 Å². The smallest absolute Gasteiger partial charge is 0.407 e. The summed E-state index contributed by atoms with van der Waals surface area (Å²) in [5.41, 5.74) is 0.738. The van der Waals surface area contributed by atoms with E-state index in [-0.39, 0.29) is 35.9 Å². The molecule has 1 heterocycles. The van der Waals surface area contributed by atoms with Crippen LogP contribution in [-0.2, 0) is 27.1 Å². The molecule has 8 nitrogen and oxygen atoms in total. The Morgan fingerprint density at radius 1 is 1.00 bits per heavy atom. The Hall–Kier alpha value is -3.56. The third-order valence-corrected chi connectivity index (χ3v) is 6.28. The third-order valence-electron chi connectivity index (χ3n) is 4.89. The predicted molar refractivity (Wildman–Crippen MR) is 144 cm³/mol. The van der Waals surface area contributed by atoms with Gasteiger partial charge in [0.2, 0.25) is 5.91 Å². The molecule has 0 aliphatic rings. The number of esters is 1. The monoisotopic (exact) mass is 544 g/mol. The van der Waals surface area contributed by atoms with Crippen LogP contribution >= 0.6 is 22.9 Å². The van der Waals surface area contributed by atoms with Crippen molar-refractivity contribution in [2.24, 2.45) is 0 Å². The van der Waals surface area contributed by atoms with Crippen molar-refractivity contribution in [2.75, 3.05) is 19.0 Å². The van der Waals surface area contributed by atoms with Gasteiger partial charge in [-0.3, -0.25) is 4.79 Å². The zero-order valence-corrected chi connectivity index (χ0v) is 22.6. The zero-order valence-electron chi connectivity index (χ0n) is 21.1. The van der Waals surface area contributed by atoms with E-state index in [0.29, 0.717) is 21.4 Å². The Labute approximate surface area is 224 Å². The maximum Gasteiger partial charge on any atom is 0.407 e. The van der Waals surface area contributed by atoms with Crippen LogP contribution in [0.15, 0.2) is 54.6 Å². The van der Waals surface area contributed by atoms with Crippen molar-refractivity contribution in [3.8, 4) is 11.5 Å². The molecule has 37 heavy (non-hydrogen) atoms. The number of hydrogen-bond acceptors (Lipinski definition) is 7. The minimum atomic E-state index is -0.635. The lowest BCUT2D eigenvalue weighted by molar-refractivity contribution is -0.115. The van der Waals surface area contributed by atoms with Crippen LogP contribution in [0.3, 0.4) is 0 Å². The highest BCUT2D eigenvalue weighted by molar-refractivity contribution is 7.20. The van der Waals surface area contributed by atoms with Crippen LogP contribution < -0.4 is 15.4 Å². The molecule has 0 atom stereocenters. The Kier molecular flexibility index (Phi) is 9.54. The molecule has 0 aliphatic heterocycles. The number of carbonyl (C=O) groups is 3. The van der Waals surface area contributed by atoms with E-state index in [1.54, 1.807) is 39.0 Å². The summed E-state index contributed by atoms with van der Waals surface area (Å²) in [5.74, 6) is 0.321. The minimum absolute atomic E-state index is 0.0532. The summed E-state index contributed by atoms with van der Waals surface area (Å²) in [6, 6.07) is 16.5. The average molecular weight is 545 g/mol. The molecule has 0 aliphatic carbocycles. The highest BCUT2D eigenvalue weighted by Crippen LogP contribution is 2.38. The van der Waals surface area contributed by atoms with E-state index >= 15 is 0 Å². The molecule has 1 aromatic heterocycles. The lowest BCUT2D eigenvalue weighted by atomic mass is 10.1. The number of amides is 2. The van der Waals surface area contributed by atoms with Crippen molar-refractivity contribution >= 4 is 45.9 Å². The fraction of sp³-hybridized carbons (Fsp3) is 0.296. The summed E-state index contributed by atoms with van der Waals surface area (Å²) < 4.78 is 16.3. The summed E-state index contributed by atoms with van der Waals surface area (Å²) in [6.45, 7) is 5.47. The van der Waals surface area contributed by atoms with Crippen molar-refractivity contribution in [1.29, 1.82) is 0 Å². The molecule has 0 bridgehead atoms. The molecular weight excluding hydrogens is 516 g/mol. The van der Waals surface area contributed by atoms with E-state index in [9.17, 15) is 14.4 Å². The summed E-state index contributed by atoms with van der Waals surface area (Å²) >= 11 is 7.47. The molecule has 0 fully saturated rings. The highest BCUT2D eigenvalue weighted by Gasteiger charge is 2.25. The fourth-order valence-corrected chi connectivity index (χ4v) is 4.77. The molecule has 2 aromatic carbocycles. The molecular formula is C27H29ClN2O6S. The largest absolute Gasteiger partial charge is 0.465 e. The van der Waals surface area contributed by atoms with Crippen molar-refractivity contribution < 1.29 is 28.6 Å². The van der Waals surface area contributed by atoms with Gasteiger partial charge in [0, 0.05) is 12.1 Å². The lowest BCUT2D eigenvalue weighted by Crippen LogP contribution is -2.33. The fourth-order valence-electron chi connectivity index (χ4n) is 3.37. The first-order chi connectivity index (χ1) is 17.6. The first-order valence-corrected chi connectivity index (χ1v) is 12.7. The first kappa shape index (κ1) is 28.0. The second kappa shape index (κ2) is 12.6. The van der Waals surface area contributed by atoms with Crippen LogP contribution in [0.25, 0.3) is 0 Å². The molecule has 0 radical (unpaired) electrons. The number of thiophene rings is 1. The molecule has 0 spiro atoms. The number of hydrogen-bond donors (Lipinski definition) is 2. The molecule has 3 aromatic rings. The maximum absolute atomic E-state index is 12.9. The Bertz CT molecular complexity index is 1250. The van der Waals surface area contributed by atoms with Crippen LogP contribution in [0.1, 0.15) is 42.3 Å². The van der Waals surface area contributed by atoms with Gasteiger partial charge in [0.05, 0.1) is 23.4 Å². The molecule has 10 heteroatoms. The van der Waals surface area contributed by atoms with Crippen molar-refractivity contribution in [3.63, 3.8) is 0 Å². The van der Waals surface area contributed by atoms with Gasteiger partial charge in [0.15, 0.2) is 0 Å². The number of anilines is 1. The van der Waals surface area contributed by atoms with E-state index in [4.69, 9.17) is 25.8 Å². The Morgan fingerprint density at radius 3 is 2.38 bits per heavy atom. The molecule has 196 valence electrons. The average Bonchev–Trinajstić information content (AvgIpc) is 3.12. The third kappa shape index (κ3) is 8.51. The lowest BCUT2D eigenvalue weighted by Gasteiger charge is -2.19. The SMILES string of the molecule is COC(=O)c1c(NC(=O)Cc2cccc(Oc3ccccc3)c2)sc(Cl)c1CCNC(=O)OC(C)(C)C. The van der Waals surface area contributed by atoms with Crippen LogP contribution in [0.2, 0.25) is 4.34 Å². The number of alkyl carbamates (subject to hydrolysis) is 1. The van der Waals surface area contributed by atoms with Crippen LogP contribution in [0.4, 0.5) is 9.80 Å². The zero-order chi connectivity index (χ0) is 27.0. The molecule has 0 unspecified atom stereocenters. The number of halogens is 1. The Morgan fingerprint density at radius 2 is 1.70 bits per heavy atom. The minimum Gasteiger partial charge on any atom is -0.465 e.